The molecule has 0 aliphatic carbocycles. The highest BCUT2D eigenvalue weighted by Crippen LogP contribution is 2.43. The first-order valence-electron chi connectivity index (χ1n) is 30.8. The predicted molar refractivity (Wildman–Crippen MR) is 316 cm³/mol. The maximum atomic E-state index is 12.9. The Morgan fingerprint density at radius 1 is 0.382 bits per heavy atom. The van der Waals surface area contributed by atoms with Gasteiger partial charge < -0.3 is 24.2 Å². The second-order valence-electron chi connectivity index (χ2n) is 20.5. The number of aliphatic hydroxyl groups excluding tert-OH is 1. The van der Waals surface area contributed by atoms with E-state index in [9.17, 15) is 28.9 Å². The number of unbranched alkanes of at least 4 members (excludes halogenated alkanes) is 28. The lowest BCUT2D eigenvalue weighted by Crippen LogP contribution is -2.30. The van der Waals surface area contributed by atoms with Crippen LogP contribution in [-0.2, 0) is 42.2 Å². The monoisotopic (exact) mass is 1090 g/mol. The van der Waals surface area contributed by atoms with Gasteiger partial charge >= 0.3 is 25.7 Å². The fraction of sp³-hybridized carbons (Fsp3) is 0.766. The zero-order valence-electron chi connectivity index (χ0n) is 48.7. The first kappa shape index (κ1) is 72.9. The molecule has 3 unspecified atom stereocenters. The molecular formula is C64H113O11P. The standard InChI is InChI=1S/C64H113O11P/c1-4-7-10-13-16-19-22-25-28-30-33-36-39-42-45-48-51-54-63(67)74-60(56-65)58-72-76(69,70)73-59-61(57-71-62(66)53-50-47-44-41-38-35-32-27-24-21-18-15-12-9-6-3)75-64(68)55-52-49-46-43-40-37-34-31-29-26-23-20-17-14-11-8-5-2/h8,11,17-18,20-21,26-27,29,32,34,37,60-61,65H,4-7,9-10,12-16,19,22-25,28,30-31,33,35-36,38-59H2,1-3H3,(H,69,70)/b11-8-,20-17-,21-18-,29-26-,32-27-,37-34-. The second kappa shape index (κ2) is 58.1. The molecule has 0 spiro atoms. The van der Waals surface area contributed by atoms with Crippen molar-refractivity contribution in [3.63, 3.8) is 0 Å². The van der Waals surface area contributed by atoms with Gasteiger partial charge in [-0.15, -0.1) is 0 Å². The lowest BCUT2D eigenvalue weighted by atomic mass is 10.0. The predicted octanol–water partition coefficient (Wildman–Crippen LogP) is 18.5. The van der Waals surface area contributed by atoms with Crippen LogP contribution in [0.3, 0.4) is 0 Å². The van der Waals surface area contributed by atoms with E-state index >= 15 is 0 Å². The molecular weight excluding hydrogens is 976 g/mol. The van der Waals surface area contributed by atoms with Gasteiger partial charge in [-0.3, -0.25) is 23.4 Å². The van der Waals surface area contributed by atoms with Crippen LogP contribution in [-0.4, -0.2) is 66.5 Å². The van der Waals surface area contributed by atoms with E-state index in [0.29, 0.717) is 19.3 Å². The molecule has 0 saturated heterocycles. The van der Waals surface area contributed by atoms with Gasteiger partial charge in [0.15, 0.2) is 6.10 Å². The van der Waals surface area contributed by atoms with Crippen molar-refractivity contribution in [3.05, 3.63) is 72.9 Å². The van der Waals surface area contributed by atoms with Crippen molar-refractivity contribution in [2.75, 3.05) is 26.4 Å². The fourth-order valence-electron chi connectivity index (χ4n) is 8.44. The zero-order chi connectivity index (χ0) is 55.5. The normalized spacial score (nSPS) is 13.8. The zero-order valence-corrected chi connectivity index (χ0v) is 49.6. The summed E-state index contributed by atoms with van der Waals surface area (Å²) in [6.45, 7) is 4.50. The Bertz CT molecular complexity index is 1550. The third kappa shape index (κ3) is 55.7. The SMILES string of the molecule is CC/C=C\C/C=C\C/C=C\C/C=C\CCCCCCC(=O)OC(COC(=O)CCCCCCC/C=C\C/C=C\CCCCC)COP(=O)(O)OCC(CO)OC(=O)CCCCCCCCCCCCCCCCCCC. The molecule has 12 heteroatoms. The summed E-state index contributed by atoms with van der Waals surface area (Å²) in [5, 5.41) is 9.84. The van der Waals surface area contributed by atoms with Crippen LogP contribution in [0.5, 0.6) is 0 Å². The molecule has 0 fully saturated rings. The molecule has 0 aliphatic rings. The molecule has 0 aliphatic heterocycles. The van der Waals surface area contributed by atoms with Crippen LogP contribution >= 0.6 is 7.82 Å². The van der Waals surface area contributed by atoms with Gasteiger partial charge in [0.1, 0.15) is 12.7 Å². The molecule has 0 aromatic rings. The summed E-state index contributed by atoms with van der Waals surface area (Å²) in [5.41, 5.74) is 0. The molecule has 0 radical (unpaired) electrons. The number of phosphoric ester groups is 1. The second-order valence-corrected chi connectivity index (χ2v) is 21.9. The summed E-state index contributed by atoms with van der Waals surface area (Å²) in [6.07, 6.45) is 65.7. The average molecular weight is 1090 g/mol. The number of esters is 3. The number of phosphoric acid groups is 1. The summed E-state index contributed by atoms with van der Waals surface area (Å²) in [4.78, 5) is 48.6. The Morgan fingerprint density at radius 2 is 0.684 bits per heavy atom. The van der Waals surface area contributed by atoms with E-state index in [2.05, 4.69) is 93.7 Å². The minimum absolute atomic E-state index is 0.136. The largest absolute Gasteiger partial charge is 0.472 e. The van der Waals surface area contributed by atoms with Crippen LogP contribution in [0.4, 0.5) is 0 Å². The van der Waals surface area contributed by atoms with E-state index in [1.54, 1.807) is 0 Å². The lowest BCUT2D eigenvalue weighted by Gasteiger charge is -2.21. The maximum absolute atomic E-state index is 12.9. The Labute approximate surface area is 465 Å². The summed E-state index contributed by atoms with van der Waals surface area (Å²) in [5.74, 6) is -1.50. The third-order valence-electron chi connectivity index (χ3n) is 13.1. The van der Waals surface area contributed by atoms with Crippen molar-refractivity contribution >= 4 is 25.7 Å². The highest BCUT2D eigenvalue weighted by molar-refractivity contribution is 7.47. The number of rotatable bonds is 57. The van der Waals surface area contributed by atoms with Gasteiger partial charge in [0.25, 0.3) is 0 Å². The smallest absolute Gasteiger partial charge is 0.462 e. The number of aliphatic hydroxyl groups is 1. The Balaban J connectivity index is 4.73. The first-order chi connectivity index (χ1) is 37.2. The van der Waals surface area contributed by atoms with Crippen LogP contribution < -0.4 is 0 Å². The highest BCUT2D eigenvalue weighted by atomic mass is 31.2. The van der Waals surface area contributed by atoms with E-state index in [-0.39, 0.29) is 25.9 Å². The van der Waals surface area contributed by atoms with Gasteiger partial charge in [-0.05, 0) is 89.9 Å². The molecule has 0 heterocycles. The van der Waals surface area contributed by atoms with Gasteiger partial charge in [0.2, 0.25) is 0 Å². The third-order valence-corrected chi connectivity index (χ3v) is 14.1. The molecule has 0 aromatic carbocycles. The minimum Gasteiger partial charge on any atom is -0.462 e. The van der Waals surface area contributed by atoms with Gasteiger partial charge in [-0.25, -0.2) is 4.57 Å². The number of hydrogen-bond donors (Lipinski definition) is 2. The summed E-state index contributed by atoms with van der Waals surface area (Å²) in [6, 6.07) is 0. The Hall–Kier alpha value is -3.08. The van der Waals surface area contributed by atoms with E-state index in [1.165, 1.54) is 103 Å². The molecule has 0 aromatic heterocycles. The summed E-state index contributed by atoms with van der Waals surface area (Å²) in [7, 11) is -4.76. The Kier molecular flexibility index (Phi) is 55.7. The molecule has 11 nitrogen and oxygen atoms in total. The first-order valence-corrected chi connectivity index (χ1v) is 32.3. The highest BCUT2D eigenvalue weighted by Gasteiger charge is 2.28. The van der Waals surface area contributed by atoms with Crippen molar-refractivity contribution in [1.29, 1.82) is 0 Å². The van der Waals surface area contributed by atoms with Crippen LogP contribution in [0.1, 0.15) is 278 Å². The van der Waals surface area contributed by atoms with Crippen molar-refractivity contribution in [2.24, 2.45) is 0 Å². The number of hydrogen-bond acceptors (Lipinski definition) is 10. The van der Waals surface area contributed by atoms with Crippen molar-refractivity contribution < 1.29 is 52.2 Å². The van der Waals surface area contributed by atoms with E-state index < -0.39 is 57.8 Å². The summed E-state index contributed by atoms with van der Waals surface area (Å²) < 4.78 is 39.6. The molecule has 3 atom stereocenters. The number of carbonyl (C=O) groups excluding carboxylic acids is 3. The van der Waals surface area contributed by atoms with Crippen molar-refractivity contribution in [2.45, 2.75) is 290 Å². The minimum atomic E-state index is -4.76. The number of allylic oxidation sites excluding steroid dienone is 12. The van der Waals surface area contributed by atoms with Crippen LogP contribution in [0.2, 0.25) is 0 Å². The van der Waals surface area contributed by atoms with Crippen LogP contribution in [0.25, 0.3) is 0 Å². The van der Waals surface area contributed by atoms with E-state index in [1.807, 2.05) is 0 Å². The van der Waals surface area contributed by atoms with Gasteiger partial charge in [0, 0.05) is 19.3 Å². The van der Waals surface area contributed by atoms with E-state index in [0.717, 1.165) is 116 Å². The molecule has 0 rings (SSSR count). The van der Waals surface area contributed by atoms with Crippen LogP contribution in [0.15, 0.2) is 72.9 Å². The maximum Gasteiger partial charge on any atom is 0.472 e. The average Bonchev–Trinajstić information content (AvgIpc) is 3.41. The molecule has 0 saturated carbocycles. The topological polar surface area (TPSA) is 155 Å². The van der Waals surface area contributed by atoms with Gasteiger partial charge in [-0.2, -0.15) is 0 Å². The van der Waals surface area contributed by atoms with E-state index in [4.69, 9.17) is 23.3 Å². The number of carbonyl (C=O) groups is 3. The molecule has 76 heavy (non-hydrogen) atoms. The molecule has 0 amide bonds. The molecule has 440 valence electrons. The molecule has 2 N–H and O–H groups in total. The molecule has 0 bridgehead atoms. The quantitative estimate of drug-likeness (QED) is 0.0197. The number of ether oxygens (including phenoxy) is 3. The lowest BCUT2D eigenvalue weighted by molar-refractivity contribution is -0.161. The fourth-order valence-corrected chi connectivity index (χ4v) is 9.22. The van der Waals surface area contributed by atoms with Crippen molar-refractivity contribution in [3.8, 4) is 0 Å². The van der Waals surface area contributed by atoms with Gasteiger partial charge in [-0.1, -0.05) is 241 Å². The summed E-state index contributed by atoms with van der Waals surface area (Å²) >= 11 is 0. The van der Waals surface area contributed by atoms with Crippen molar-refractivity contribution in [1.82, 2.24) is 0 Å². The Morgan fingerprint density at radius 3 is 1.08 bits per heavy atom. The van der Waals surface area contributed by atoms with Crippen LogP contribution in [0, 0.1) is 0 Å². The van der Waals surface area contributed by atoms with Gasteiger partial charge in [0.05, 0.1) is 19.8 Å².